The number of rotatable bonds is 2. The SMILES string of the molecule is c1cnc(-c2nc(-c3ccco3)cs2)nc1. The fraction of sp³-hybridized carbons (Fsp3) is 0. The van der Waals surface area contributed by atoms with Crippen LogP contribution in [-0.2, 0) is 0 Å². The molecule has 0 aliphatic heterocycles. The number of hydrogen-bond donors (Lipinski definition) is 0. The van der Waals surface area contributed by atoms with Gasteiger partial charge in [-0.05, 0) is 18.2 Å². The Bertz CT molecular complexity index is 574. The van der Waals surface area contributed by atoms with Crippen molar-refractivity contribution in [3.63, 3.8) is 0 Å². The molecule has 0 bridgehead atoms. The Morgan fingerprint density at radius 2 is 2.00 bits per heavy atom. The van der Waals surface area contributed by atoms with Crippen molar-refractivity contribution in [3.05, 3.63) is 42.2 Å². The van der Waals surface area contributed by atoms with Crippen LogP contribution in [0.4, 0.5) is 0 Å². The van der Waals surface area contributed by atoms with Gasteiger partial charge >= 0.3 is 0 Å². The topological polar surface area (TPSA) is 51.8 Å². The van der Waals surface area contributed by atoms with E-state index in [1.54, 1.807) is 24.7 Å². The molecule has 0 saturated heterocycles. The summed E-state index contributed by atoms with van der Waals surface area (Å²) in [5.74, 6) is 1.41. The quantitative estimate of drug-likeness (QED) is 0.678. The zero-order chi connectivity index (χ0) is 10.8. The van der Waals surface area contributed by atoms with E-state index in [2.05, 4.69) is 15.0 Å². The molecule has 78 valence electrons. The van der Waals surface area contributed by atoms with Crippen LogP contribution in [0.1, 0.15) is 0 Å². The minimum Gasteiger partial charge on any atom is -0.463 e. The predicted molar refractivity (Wildman–Crippen MR) is 60.8 cm³/mol. The van der Waals surface area contributed by atoms with Crippen molar-refractivity contribution in [2.45, 2.75) is 0 Å². The molecule has 0 atom stereocenters. The van der Waals surface area contributed by atoms with Crippen LogP contribution in [-0.4, -0.2) is 15.0 Å². The van der Waals surface area contributed by atoms with Crippen LogP contribution in [0, 0.1) is 0 Å². The molecule has 0 aliphatic carbocycles. The summed E-state index contributed by atoms with van der Waals surface area (Å²) >= 11 is 1.50. The van der Waals surface area contributed by atoms with Crippen LogP contribution in [0.3, 0.4) is 0 Å². The molecule has 0 spiro atoms. The van der Waals surface area contributed by atoms with E-state index in [0.717, 1.165) is 16.5 Å². The van der Waals surface area contributed by atoms with Crippen LogP contribution >= 0.6 is 11.3 Å². The average molecular weight is 229 g/mol. The fourth-order valence-electron chi connectivity index (χ4n) is 1.32. The molecule has 5 heteroatoms. The summed E-state index contributed by atoms with van der Waals surface area (Å²) in [6, 6.07) is 5.50. The maximum Gasteiger partial charge on any atom is 0.188 e. The molecule has 0 N–H and O–H groups in total. The summed E-state index contributed by atoms with van der Waals surface area (Å²) in [6.45, 7) is 0. The lowest BCUT2D eigenvalue weighted by Gasteiger charge is -1.91. The zero-order valence-corrected chi connectivity index (χ0v) is 9.02. The second-order valence-electron chi connectivity index (χ2n) is 3.09. The number of thiazole rings is 1. The van der Waals surface area contributed by atoms with E-state index >= 15 is 0 Å². The first-order chi connectivity index (χ1) is 7.93. The second kappa shape index (κ2) is 3.86. The van der Waals surface area contributed by atoms with Gasteiger partial charge in [-0.1, -0.05) is 0 Å². The zero-order valence-electron chi connectivity index (χ0n) is 8.20. The van der Waals surface area contributed by atoms with Gasteiger partial charge in [0, 0.05) is 17.8 Å². The van der Waals surface area contributed by atoms with E-state index in [4.69, 9.17) is 4.42 Å². The standard InChI is InChI=1S/C11H7N3OS/c1-3-9(15-6-1)8-7-16-11(14-8)10-12-4-2-5-13-10/h1-7H. The van der Waals surface area contributed by atoms with Gasteiger partial charge in [-0.2, -0.15) is 0 Å². The third kappa shape index (κ3) is 1.61. The summed E-state index contributed by atoms with van der Waals surface area (Å²) in [5.41, 5.74) is 0.817. The third-order valence-corrected chi connectivity index (χ3v) is 2.87. The summed E-state index contributed by atoms with van der Waals surface area (Å²) in [5, 5.41) is 2.73. The normalized spacial score (nSPS) is 10.5. The molecule has 0 aromatic carbocycles. The van der Waals surface area contributed by atoms with Crippen molar-refractivity contribution in [2.24, 2.45) is 0 Å². The van der Waals surface area contributed by atoms with Gasteiger partial charge in [0.1, 0.15) is 5.69 Å². The lowest BCUT2D eigenvalue weighted by molar-refractivity contribution is 0.580. The number of aromatic nitrogens is 3. The maximum atomic E-state index is 5.27. The van der Waals surface area contributed by atoms with Crippen LogP contribution in [0.15, 0.2) is 46.7 Å². The van der Waals surface area contributed by atoms with E-state index in [1.807, 2.05) is 17.5 Å². The van der Waals surface area contributed by atoms with E-state index in [0.29, 0.717) is 5.82 Å². The first-order valence-corrected chi connectivity index (χ1v) is 5.58. The van der Waals surface area contributed by atoms with Crippen LogP contribution < -0.4 is 0 Å². The third-order valence-electron chi connectivity index (χ3n) is 2.03. The van der Waals surface area contributed by atoms with E-state index < -0.39 is 0 Å². The van der Waals surface area contributed by atoms with Crippen molar-refractivity contribution >= 4 is 11.3 Å². The molecule has 0 unspecified atom stereocenters. The Labute approximate surface area is 95.6 Å². The maximum absolute atomic E-state index is 5.27. The lowest BCUT2D eigenvalue weighted by atomic mass is 10.4. The predicted octanol–water partition coefficient (Wildman–Crippen LogP) is 2.86. The van der Waals surface area contributed by atoms with Crippen molar-refractivity contribution in [1.82, 2.24) is 15.0 Å². The Hall–Kier alpha value is -2.01. The fourth-order valence-corrected chi connectivity index (χ4v) is 2.08. The molecular weight excluding hydrogens is 222 g/mol. The monoisotopic (exact) mass is 229 g/mol. The van der Waals surface area contributed by atoms with E-state index in [9.17, 15) is 0 Å². The van der Waals surface area contributed by atoms with E-state index in [-0.39, 0.29) is 0 Å². The van der Waals surface area contributed by atoms with Gasteiger partial charge in [-0.25, -0.2) is 15.0 Å². The van der Waals surface area contributed by atoms with Crippen LogP contribution in [0.5, 0.6) is 0 Å². The molecule has 0 radical (unpaired) electrons. The van der Waals surface area contributed by atoms with E-state index in [1.165, 1.54) is 11.3 Å². The molecule has 3 heterocycles. The highest BCUT2D eigenvalue weighted by molar-refractivity contribution is 7.13. The smallest absolute Gasteiger partial charge is 0.188 e. The average Bonchev–Trinajstić information content (AvgIpc) is 3.01. The highest BCUT2D eigenvalue weighted by atomic mass is 32.1. The molecule has 0 fully saturated rings. The van der Waals surface area contributed by atoms with Gasteiger partial charge in [-0.3, -0.25) is 0 Å². The summed E-state index contributed by atoms with van der Waals surface area (Å²) in [6.07, 6.45) is 5.04. The van der Waals surface area contributed by atoms with Crippen LogP contribution in [0.2, 0.25) is 0 Å². The molecular formula is C11H7N3OS. The van der Waals surface area contributed by atoms with Crippen LogP contribution in [0.25, 0.3) is 22.3 Å². The Balaban J connectivity index is 2.00. The van der Waals surface area contributed by atoms with Gasteiger partial charge in [0.25, 0.3) is 0 Å². The summed E-state index contributed by atoms with van der Waals surface area (Å²) in [4.78, 5) is 12.7. The van der Waals surface area contributed by atoms with Crippen molar-refractivity contribution in [1.29, 1.82) is 0 Å². The summed E-state index contributed by atoms with van der Waals surface area (Å²) < 4.78 is 5.27. The van der Waals surface area contributed by atoms with Crippen molar-refractivity contribution < 1.29 is 4.42 Å². The second-order valence-corrected chi connectivity index (χ2v) is 3.95. The molecule has 0 amide bonds. The summed E-state index contributed by atoms with van der Waals surface area (Å²) in [7, 11) is 0. The van der Waals surface area contributed by atoms with Gasteiger partial charge in [0.2, 0.25) is 0 Å². The molecule has 3 rings (SSSR count). The van der Waals surface area contributed by atoms with Crippen molar-refractivity contribution in [2.75, 3.05) is 0 Å². The first-order valence-electron chi connectivity index (χ1n) is 4.70. The molecule has 16 heavy (non-hydrogen) atoms. The largest absolute Gasteiger partial charge is 0.463 e. The Morgan fingerprint density at radius 1 is 1.12 bits per heavy atom. The minimum atomic E-state index is 0.644. The molecule has 0 aliphatic rings. The molecule has 0 saturated carbocycles. The Morgan fingerprint density at radius 3 is 2.75 bits per heavy atom. The number of nitrogens with zero attached hydrogens (tertiary/aromatic N) is 3. The molecule has 3 aromatic heterocycles. The van der Waals surface area contributed by atoms with Gasteiger partial charge in [0.15, 0.2) is 16.6 Å². The van der Waals surface area contributed by atoms with Crippen molar-refractivity contribution in [3.8, 4) is 22.3 Å². The Kier molecular flexibility index (Phi) is 2.23. The highest BCUT2D eigenvalue weighted by Gasteiger charge is 2.09. The van der Waals surface area contributed by atoms with Gasteiger partial charge in [0.05, 0.1) is 6.26 Å². The molecule has 3 aromatic rings. The number of hydrogen-bond acceptors (Lipinski definition) is 5. The number of furan rings is 1. The minimum absolute atomic E-state index is 0.644. The first kappa shape index (κ1) is 9.23. The van der Waals surface area contributed by atoms with Gasteiger partial charge < -0.3 is 4.42 Å². The lowest BCUT2D eigenvalue weighted by Crippen LogP contribution is -1.85. The molecule has 4 nitrogen and oxygen atoms in total. The van der Waals surface area contributed by atoms with Gasteiger partial charge in [-0.15, -0.1) is 11.3 Å². The highest BCUT2D eigenvalue weighted by Crippen LogP contribution is 2.26.